The van der Waals surface area contributed by atoms with Gasteiger partial charge >= 0.3 is 5.97 Å². The molecule has 2 rings (SSSR count). The number of aromatic nitrogens is 1. The Morgan fingerprint density at radius 3 is 2.94 bits per heavy atom. The number of carbonyl (C=O) groups is 1. The molecule has 0 radical (unpaired) electrons. The molecule has 0 unspecified atom stereocenters. The van der Waals surface area contributed by atoms with E-state index in [1.54, 1.807) is 0 Å². The van der Waals surface area contributed by atoms with Crippen molar-refractivity contribution in [2.24, 2.45) is 0 Å². The summed E-state index contributed by atoms with van der Waals surface area (Å²) in [4.78, 5) is 15.3. The third-order valence-corrected chi connectivity index (χ3v) is 2.89. The third kappa shape index (κ3) is 2.46. The molecule has 5 heteroatoms. The van der Waals surface area contributed by atoms with Gasteiger partial charge in [-0.1, -0.05) is 13.3 Å². The van der Waals surface area contributed by atoms with E-state index in [2.05, 4.69) is 4.98 Å². The van der Waals surface area contributed by atoms with Gasteiger partial charge in [0.1, 0.15) is 5.75 Å². The van der Waals surface area contributed by atoms with Crippen molar-refractivity contribution in [3.05, 3.63) is 16.8 Å². The second kappa shape index (κ2) is 5.35. The van der Waals surface area contributed by atoms with E-state index in [1.165, 1.54) is 6.92 Å². The number of rotatable bonds is 3. The maximum atomic E-state index is 11.1. The zero-order chi connectivity index (χ0) is 13.1. The number of pyridine rings is 1. The molecule has 5 nitrogen and oxygen atoms in total. The number of carbonyl (C=O) groups excluding carboxylic acids is 1. The van der Waals surface area contributed by atoms with Crippen LogP contribution in [0, 0.1) is 0 Å². The Morgan fingerprint density at radius 1 is 1.50 bits per heavy atom. The molecular formula is C13H17NO4. The number of hydrogen-bond donors (Lipinski definition) is 1. The van der Waals surface area contributed by atoms with Crippen molar-refractivity contribution >= 4 is 5.97 Å². The van der Waals surface area contributed by atoms with Gasteiger partial charge < -0.3 is 14.6 Å². The smallest absolute Gasteiger partial charge is 0.309 e. The van der Waals surface area contributed by atoms with Crippen molar-refractivity contribution in [3.63, 3.8) is 0 Å². The first kappa shape index (κ1) is 12.8. The quantitative estimate of drug-likeness (QED) is 0.829. The highest BCUT2D eigenvalue weighted by Gasteiger charge is 2.23. The fourth-order valence-corrected chi connectivity index (χ4v) is 2.09. The van der Waals surface area contributed by atoms with Crippen LogP contribution in [0.1, 0.15) is 37.1 Å². The molecule has 0 saturated carbocycles. The summed E-state index contributed by atoms with van der Waals surface area (Å²) in [7, 11) is 0. The number of aromatic hydroxyl groups is 1. The van der Waals surface area contributed by atoms with E-state index < -0.39 is 5.97 Å². The van der Waals surface area contributed by atoms with E-state index in [9.17, 15) is 9.90 Å². The zero-order valence-corrected chi connectivity index (χ0v) is 10.7. The van der Waals surface area contributed by atoms with Gasteiger partial charge in [-0.2, -0.15) is 0 Å². The molecule has 0 saturated heterocycles. The summed E-state index contributed by atoms with van der Waals surface area (Å²) in [5.74, 6) is 0.0907. The Bertz CT molecular complexity index is 471. The van der Waals surface area contributed by atoms with Crippen LogP contribution in [0.4, 0.5) is 0 Å². The van der Waals surface area contributed by atoms with E-state index in [0.717, 1.165) is 12.0 Å². The lowest BCUT2D eigenvalue weighted by Gasteiger charge is -2.21. The average Bonchev–Trinajstić information content (AvgIpc) is 2.35. The molecule has 0 bridgehead atoms. The highest BCUT2D eigenvalue weighted by molar-refractivity contribution is 5.69. The number of ether oxygens (including phenoxy) is 2. The largest absolute Gasteiger partial charge is 0.506 e. The van der Waals surface area contributed by atoms with Gasteiger partial charge in [0.25, 0.3) is 0 Å². The predicted octanol–water partition coefficient (Wildman–Crippen LogP) is 1.74. The van der Waals surface area contributed by atoms with Gasteiger partial charge in [-0.15, -0.1) is 0 Å². The average molecular weight is 251 g/mol. The maximum Gasteiger partial charge on any atom is 0.309 e. The summed E-state index contributed by atoms with van der Waals surface area (Å²) in [6.45, 7) is 4.24. The maximum absolute atomic E-state index is 11.1. The minimum atomic E-state index is -0.414. The molecule has 0 aromatic carbocycles. The molecule has 1 N–H and O–H groups in total. The first-order valence-electron chi connectivity index (χ1n) is 6.13. The van der Waals surface area contributed by atoms with Crippen molar-refractivity contribution in [2.45, 2.75) is 39.7 Å². The van der Waals surface area contributed by atoms with Crippen LogP contribution in [0.25, 0.3) is 0 Å². The molecule has 1 aromatic heterocycles. The Labute approximate surface area is 106 Å². The Morgan fingerprint density at radius 2 is 2.28 bits per heavy atom. The van der Waals surface area contributed by atoms with E-state index in [0.29, 0.717) is 37.3 Å². The highest BCUT2D eigenvalue weighted by atomic mass is 16.5. The summed E-state index contributed by atoms with van der Waals surface area (Å²) in [6, 6.07) is 0. The minimum Gasteiger partial charge on any atom is -0.506 e. The van der Waals surface area contributed by atoms with Gasteiger partial charge in [-0.05, 0) is 6.42 Å². The molecule has 0 spiro atoms. The van der Waals surface area contributed by atoms with Crippen LogP contribution in [0.3, 0.4) is 0 Å². The van der Waals surface area contributed by atoms with Crippen LogP contribution in [0.2, 0.25) is 0 Å². The number of nitrogens with zero attached hydrogens (tertiary/aromatic N) is 1. The Kier molecular flexibility index (Phi) is 3.81. The second-order valence-electron chi connectivity index (χ2n) is 4.32. The third-order valence-electron chi connectivity index (χ3n) is 2.89. The van der Waals surface area contributed by atoms with Crippen molar-refractivity contribution < 1.29 is 19.4 Å². The molecule has 98 valence electrons. The fourth-order valence-electron chi connectivity index (χ4n) is 2.09. The van der Waals surface area contributed by atoms with Crippen molar-refractivity contribution in [3.8, 4) is 11.6 Å². The molecule has 0 amide bonds. The lowest BCUT2D eigenvalue weighted by atomic mass is 10.0. The van der Waals surface area contributed by atoms with Crippen LogP contribution < -0.4 is 4.74 Å². The molecule has 1 aliphatic heterocycles. The van der Waals surface area contributed by atoms with Gasteiger partial charge in [0.05, 0.1) is 18.9 Å². The Hall–Kier alpha value is -1.62. The lowest BCUT2D eigenvalue weighted by Crippen LogP contribution is -2.16. The summed E-state index contributed by atoms with van der Waals surface area (Å²) < 4.78 is 10.4. The van der Waals surface area contributed by atoms with Crippen LogP contribution in [0.5, 0.6) is 11.6 Å². The van der Waals surface area contributed by atoms with Crippen LogP contribution >= 0.6 is 0 Å². The second-order valence-corrected chi connectivity index (χ2v) is 4.32. The fraction of sp³-hybridized carbons (Fsp3) is 0.538. The van der Waals surface area contributed by atoms with Crippen LogP contribution in [-0.4, -0.2) is 22.7 Å². The standard InChI is InChI=1S/C13H17NO4/c1-3-4-11-12(16)9-5-6-17-7-10(9)13(14-11)18-8(2)15/h16H,3-7H2,1-2H3. The lowest BCUT2D eigenvalue weighted by molar-refractivity contribution is -0.132. The predicted molar refractivity (Wildman–Crippen MR) is 64.6 cm³/mol. The molecular weight excluding hydrogens is 234 g/mol. The molecule has 1 aromatic rings. The van der Waals surface area contributed by atoms with E-state index in [4.69, 9.17) is 9.47 Å². The summed E-state index contributed by atoms with van der Waals surface area (Å²) in [6.07, 6.45) is 2.15. The van der Waals surface area contributed by atoms with Crippen molar-refractivity contribution in [2.75, 3.05) is 6.61 Å². The monoisotopic (exact) mass is 251 g/mol. The SMILES string of the molecule is CCCc1nc(OC(C)=O)c2c(c1O)CCOC2. The highest BCUT2D eigenvalue weighted by Crippen LogP contribution is 2.34. The molecule has 1 aliphatic rings. The van der Waals surface area contributed by atoms with Crippen LogP contribution in [0.15, 0.2) is 0 Å². The first-order chi connectivity index (χ1) is 8.63. The van der Waals surface area contributed by atoms with E-state index in [1.807, 2.05) is 6.92 Å². The summed E-state index contributed by atoms with van der Waals surface area (Å²) >= 11 is 0. The van der Waals surface area contributed by atoms with Gasteiger partial charge in [0.2, 0.25) is 5.88 Å². The van der Waals surface area contributed by atoms with Gasteiger partial charge in [-0.3, -0.25) is 4.79 Å². The zero-order valence-electron chi connectivity index (χ0n) is 10.7. The summed E-state index contributed by atoms with van der Waals surface area (Å²) in [5.41, 5.74) is 2.08. The molecule has 18 heavy (non-hydrogen) atoms. The van der Waals surface area contributed by atoms with Crippen molar-refractivity contribution in [1.29, 1.82) is 0 Å². The van der Waals surface area contributed by atoms with E-state index >= 15 is 0 Å². The number of hydrogen-bond acceptors (Lipinski definition) is 5. The number of fused-ring (bicyclic) bond motifs is 1. The van der Waals surface area contributed by atoms with Crippen LogP contribution in [-0.2, 0) is 29.0 Å². The number of aryl methyl sites for hydroxylation is 1. The van der Waals surface area contributed by atoms with Gasteiger partial charge in [-0.25, -0.2) is 4.98 Å². The van der Waals surface area contributed by atoms with E-state index in [-0.39, 0.29) is 11.6 Å². The molecule has 0 aliphatic carbocycles. The summed E-state index contributed by atoms with van der Waals surface area (Å²) in [5, 5.41) is 10.2. The Balaban J connectivity index is 2.49. The number of esters is 1. The topological polar surface area (TPSA) is 68.7 Å². The first-order valence-corrected chi connectivity index (χ1v) is 6.13. The van der Waals surface area contributed by atoms with Crippen molar-refractivity contribution in [1.82, 2.24) is 4.98 Å². The van der Waals surface area contributed by atoms with Gasteiger partial charge in [0, 0.05) is 24.5 Å². The molecule has 0 atom stereocenters. The molecule has 2 heterocycles. The van der Waals surface area contributed by atoms with Gasteiger partial charge in [0.15, 0.2) is 0 Å². The molecule has 0 fully saturated rings. The normalized spacial score (nSPS) is 14.1. The minimum absolute atomic E-state index is 0.228.